The third kappa shape index (κ3) is 3.61. The van der Waals surface area contributed by atoms with Crippen molar-refractivity contribution in [3.8, 4) is 0 Å². The Hall–Kier alpha value is -0.350. The zero-order valence-corrected chi connectivity index (χ0v) is 11.1. The Bertz CT molecular complexity index is 277. The molecule has 0 bridgehead atoms. The van der Waals surface area contributed by atoms with Crippen LogP contribution in [0.25, 0.3) is 0 Å². The van der Waals surface area contributed by atoms with Crippen LogP contribution in [0.15, 0.2) is 10.7 Å². The number of aryl methyl sites for hydroxylation is 1. The fraction of sp³-hybridized carbons (Fsp3) is 0.727. The van der Waals surface area contributed by atoms with Crippen LogP contribution >= 0.6 is 15.9 Å². The molecule has 15 heavy (non-hydrogen) atoms. The van der Waals surface area contributed by atoms with Gasteiger partial charge in [-0.15, -0.1) is 0 Å². The van der Waals surface area contributed by atoms with E-state index < -0.39 is 0 Å². The van der Waals surface area contributed by atoms with Crippen molar-refractivity contribution in [1.29, 1.82) is 0 Å². The van der Waals surface area contributed by atoms with Crippen molar-refractivity contribution in [1.82, 2.24) is 9.78 Å². The molecule has 2 N–H and O–H groups in total. The summed E-state index contributed by atoms with van der Waals surface area (Å²) in [5.74, 6) is 0. The summed E-state index contributed by atoms with van der Waals surface area (Å²) in [6, 6.07) is 0.101. The Kier molecular flexibility index (Phi) is 5.32. The summed E-state index contributed by atoms with van der Waals surface area (Å²) in [6.45, 7) is 2.22. The second-order valence-corrected chi connectivity index (χ2v) is 4.81. The van der Waals surface area contributed by atoms with Gasteiger partial charge in [0.05, 0.1) is 16.4 Å². The van der Waals surface area contributed by atoms with E-state index in [-0.39, 0.29) is 6.04 Å². The van der Waals surface area contributed by atoms with Crippen molar-refractivity contribution < 1.29 is 0 Å². The quantitative estimate of drug-likeness (QED) is 0.810. The zero-order valence-electron chi connectivity index (χ0n) is 9.54. The maximum absolute atomic E-state index is 6.13. The molecule has 0 aliphatic heterocycles. The first-order chi connectivity index (χ1) is 7.16. The predicted octanol–water partition coefficient (Wildman–Crippen LogP) is 3.15. The van der Waals surface area contributed by atoms with Gasteiger partial charge >= 0.3 is 0 Å². The first-order valence-electron chi connectivity index (χ1n) is 5.59. The van der Waals surface area contributed by atoms with E-state index in [1.165, 1.54) is 25.7 Å². The normalized spacial score (nSPS) is 13.1. The Morgan fingerprint density at radius 1 is 1.47 bits per heavy atom. The molecule has 0 saturated carbocycles. The largest absolute Gasteiger partial charge is 0.323 e. The summed E-state index contributed by atoms with van der Waals surface area (Å²) in [7, 11) is 1.94. The molecule has 1 rings (SSSR count). The number of nitrogens with zero attached hydrogens (tertiary/aromatic N) is 2. The lowest BCUT2D eigenvalue weighted by Gasteiger charge is -2.12. The predicted molar refractivity (Wildman–Crippen MR) is 66.6 cm³/mol. The van der Waals surface area contributed by atoms with E-state index in [4.69, 9.17) is 5.73 Å². The molecule has 0 fully saturated rings. The number of rotatable bonds is 6. The van der Waals surface area contributed by atoms with E-state index in [1.54, 1.807) is 6.20 Å². The summed E-state index contributed by atoms with van der Waals surface area (Å²) < 4.78 is 2.88. The summed E-state index contributed by atoms with van der Waals surface area (Å²) >= 11 is 3.48. The molecule has 1 unspecified atom stereocenters. The molecule has 0 aromatic carbocycles. The Labute approximate surface area is 100 Å². The molecule has 1 heterocycles. The van der Waals surface area contributed by atoms with Gasteiger partial charge in [-0.25, -0.2) is 0 Å². The van der Waals surface area contributed by atoms with Crippen LogP contribution in [0.5, 0.6) is 0 Å². The molecule has 0 spiro atoms. The second-order valence-electron chi connectivity index (χ2n) is 3.96. The van der Waals surface area contributed by atoms with Gasteiger partial charge in [0.25, 0.3) is 0 Å². The van der Waals surface area contributed by atoms with E-state index in [9.17, 15) is 0 Å². The summed E-state index contributed by atoms with van der Waals surface area (Å²) in [4.78, 5) is 0. The maximum Gasteiger partial charge on any atom is 0.0690 e. The fourth-order valence-electron chi connectivity index (χ4n) is 1.77. The summed E-state index contributed by atoms with van der Waals surface area (Å²) in [5, 5.41) is 4.17. The van der Waals surface area contributed by atoms with Gasteiger partial charge in [0.1, 0.15) is 0 Å². The lowest BCUT2D eigenvalue weighted by Crippen LogP contribution is -2.15. The smallest absolute Gasteiger partial charge is 0.0690 e. The van der Waals surface area contributed by atoms with Crippen molar-refractivity contribution >= 4 is 15.9 Å². The number of unbranched alkanes of at least 4 members (excludes halogenated alkanes) is 3. The molecular weight excluding hydrogens is 254 g/mol. The number of halogens is 1. The van der Waals surface area contributed by atoms with Gasteiger partial charge < -0.3 is 5.73 Å². The molecule has 0 saturated heterocycles. The van der Waals surface area contributed by atoms with Crippen LogP contribution in [0.4, 0.5) is 0 Å². The minimum atomic E-state index is 0.101. The van der Waals surface area contributed by atoms with E-state index in [2.05, 4.69) is 28.0 Å². The Morgan fingerprint density at radius 3 is 2.73 bits per heavy atom. The van der Waals surface area contributed by atoms with Crippen molar-refractivity contribution in [2.45, 2.75) is 45.1 Å². The Balaban J connectivity index is 2.43. The van der Waals surface area contributed by atoms with Crippen molar-refractivity contribution in [3.63, 3.8) is 0 Å². The number of nitrogens with two attached hydrogens (primary N) is 1. The molecule has 0 radical (unpaired) electrons. The van der Waals surface area contributed by atoms with Gasteiger partial charge in [-0.3, -0.25) is 4.68 Å². The standard InChI is InChI=1S/C11H20BrN3/c1-3-4-5-6-7-10(13)11-9(12)8-14-15(11)2/h8,10H,3-7,13H2,1-2H3. The molecular formula is C11H20BrN3. The number of aromatic nitrogens is 2. The number of hydrogen-bond donors (Lipinski definition) is 1. The minimum absolute atomic E-state index is 0.101. The lowest BCUT2D eigenvalue weighted by atomic mass is 10.1. The van der Waals surface area contributed by atoms with E-state index >= 15 is 0 Å². The highest BCUT2D eigenvalue weighted by Gasteiger charge is 2.13. The van der Waals surface area contributed by atoms with Crippen LogP contribution in [-0.4, -0.2) is 9.78 Å². The van der Waals surface area contributed by atoms with Gasteiger partial charge in [0.2, 0.25) is 0 Å². The highest BCUT2D eigenvalue weighted by atomic mass is 79.9. The molecule has 4 heteroatoms. The third-order valence-corrected chi connectivity index (χ3v) is 3.27. The second kappa shape index (κ2) is 6.28. The first-order valence-corrected chi connectivity index (χ1v) is 6.39. The van der Waals surface area contributed by atoms with Crippen LogP contribution < -0.4 is 5.73 Å². The topological polar surface area (TPSA) is 43.8 Å². The van der Waals surface area contributed by atoms with Crippen molar-refractivity contribution in [2.75, 3.05) is 0 Å². The average Bonchev–Trinajstić information content (AvgIpc) is 2.53. The third-order valence-electron chi connectivity index (χ3n) is 2.66. The van der Waals surface area contributed by atoms with Crippen molar-refractivity contribution in [3.05, 3.63) is 16.4 Å². The van der Waals surface area contributed by atoms with Gasteiger partial charge in [-0.1, -0.05) is 32.6 Å². The average molecular weight is 274 g/mol. The van der Waals surface area contributed by atoms with Crippen LogP contribution in [0.2, 0.25) is 0 Å². The van der Waals surface area contributed by atoms with Crippen LogP contribution in [0, 0.1) is 0 Å². The summed E-state index contributed by atoms with van der Waals surface area (Å²) in [6.07, 6.45) is 7.90. The van der Waals surface area contributed by atoms with Gasteiger partial charge in [-0.2, -0.15) is 5.10 Å². The highest BCUT2D eigenvalue weighted by molar-refractivity contribution is 9.10. The molecule has 0 aliphatic rings. The molecule has 3 nitrogen and oxygen atoms in total. The fourth-order valence-corrected chi connectivity index (χ4v) is 2.41. The van der Waals surface area contributed by atoms with Crippen LogP contribution in [-0.2, 0) is 7.05 Å². The molecule has 1 aromatic heterocycles. The zero-order chi connectivity index (χ0) is 11.3. The molecule has 0 amide bonds. The SMILES string of the molecule is CCCCCCC(N)c1c(Br)cnn1C. The molecule has 0 aliphatic carbocycles. The van der Waals surface area contributed by atoms with Gasteiger partial charge in [0.15, 0.2) is 0 Å². The minimum Gasteiger partial charge on any atom is -0.323 e. The monoisotopic (exact) mass is 273 g/mol. The first kappa shape index (κ1) is 12.7. The van der Waals surface area contributed by atoms with Crippen molar-refractivity contribution in [2.24, 2.45) is 12.8 Å². The summed E-state index contributed by atoms with van der Waals surface area (Å²) in [5.41, 5.74) is 7.24. The van der Waals surface area contributed by atoms with E-state index in [1.807, 2.05) is 11.7 Å². The molecule has 1 atom stereocenters. The van der Waals surface area contributed by atoms with E-state index in [0.717, 1.165) is 16.6 Å². The molecule has 1 aromatic rings. The van der Waals surface area contributed by atoms with E-state index in [0.29, 0.717) is 0 Å². The maximum atomic E-state index is 6.13. The highest BCUT2D eigenvalue weighted by Crippen LogP contribution is 2.24. The van der Waals surface area contributed by atoms with Gasteiger partial charge in [0, 0.05) is 13.1 Å². The molecule has 86 valence electrons. The van der Waals surface area contributed by atoms with Crippen LogP contribution in [0.3, 0.4) is 0 Å². The van der Waals surface area contributed by atoms with Gasteiger partial charge in [-0.05, 0) is 22.4 Å². The van der Waals surface area contributed by atoms with Crippen LogP contribution in [0.1, 0.15) is 50.8 Å². The number of hydrogen-bond acceptors (Lipinski definition) is 2. The lowest BCUT2D eigenvalue weighted by molar-refractivity contribution is 0.532. The Morgan fingerprint density at radius 2 is 2.20 bits per heavy atom.